The van der Waals surface area contributed by atoms with Crippen LogP contribution in [0, 0.1) is 0 Å². The van der Waals surface area contributed by atoms with E-state index in [4.69, 9.17) is 5.73 Å². The van der Waals surface area contributed by atoms with Crippen LogP contribution >= 0.6 is 0 Å². The van der Waals surface area contributed by atoms with Crippen molar-refractivity contribution in [3.8, 4) is 0 Å². The van der Waals surface area contributed by atoms with E-state index in [1.807, 2.05) is 0 Å². The summed E-state index contributed by atoms with van der Waals surface area (Å²) >= 11 is 0. The van der Waals surface area contributed by atoms with Crippen molar-refractivity contribution in [2.24, 2.45) is 5.73 Å². The van der Waals surface area contributed by atoms with Crippen molar-refractivity contribution in [1.82, 2.24) is 14.5 Å². The number of primary amides is 1. The first kappa shape index (κ1) is 21.3. The summed E-state index contributed by atoms with van der Waals surface area (Å²) in [6.45, 7) is 1.65. The molecule has 158 valence electrons. The molecule has 1 atom stereocenters. The number of carbonyl (C=O) groups is 3. The van der Waals surface area contributed by atoms with Gasteiger partial charge in [-0.25, -0.2) is 8.42 Å². The second-order valence-electron chi connectivity index (χ2n) is 7.29. The third-order valence-electron chi connectivity index (χ3n) is 5.35. The Morgan fingerprint density at radius 2 is 1.69 bits per heavy atom. The molecule has 0 radical (unpaired) electrons. The van der Waals surface area contributed by atoms with E-state index in [9.17, 15) is 22.8 Å². The summed E-state index contributed by atoms with van der Waals surface area (Å²) in [6.07, 6.45) is 3.08. The maximum absolute atomic E-state index is 12.5. The van der Waals surface area contributed by atoms with Crippen LogP contribution in [-0.4, -0.2) is 67.6 Å². The van der Waals surface area contributed by atoms with Gasteiger partial charge in [-0.2, -0.15) is 4.31 Å². The first-order valence-electron chi connectivity index (χ1n) is 9.78. The quantitative estimate of drug-likeness (QED) is 0.642. The van der Waals surface area contributed by atoms with Crippen LogP contribution in [0.25, 0.3) is 0 Å². The zero-order chi connectivity index (χ0) is 21.0. The van der Waals surface area contributed by atoms with Crippen LogP contribution < -0.4 is 11.1 Å². The van der Waals surface area contributed by atoms with Gasteiger partial charge >= 0.3 is 0 Å². The Balaban J connectivity index is 1.52. The number of rotatable bonds is 7. The standard InChI is InChI=1S/C19H26N4O5S/c20-18(25)16-4-3-13-23(16)17(24)9-10-21-19(26)14-5-7-15(8-6-14)29(27,28)22-11-1-2-12-22/h5-8,16H,1-4,9-13H2,(H2,20,25)(H,21,26). The van der Waals surface area contributed by atoms with Gasteiger partial charge < -0.3 is 16.0 Å². The van der Waals surface area contributed by atoms with Gasteiger partial charge in [0, 0.05) is 38.2 Å². The molecule has 1 aromatic carbocycles. The maximum Gasteiger partial charge on any atom is 0.251 e. The Bertz CT molecular complexity index is 878. The van der Waals surface area contributed by atoms with Crippen LogP contribution in [0.15, 0.2) is 29.2 Å². The molecular formula is C19H26N4O5S. The summed E-state index contributed by atoms with van der Waals surface area (Å²) in [6, 6.07) is 5.21. The van der Waals surface area contributed by atoms with Gasteiger partial charge in [0.05, 0.1) is 4.90 Å². The van der Waals surface area contributed by atoms with Gasteiger partial charge in [0.2, 0.25) is 21.8 Å². The van der Waals surface area contributed by atoms with Gasteiger partial charge in [-0.05, 0) is 49.9 Å². The summed E-state index contributed by atoms with van der Waals surface area (Å²) in [5.41, 5.74) is 5.63. The summed E-state index contributed by atoms with van der Waals surface area (Å²) in [7, 11) is -3.52. The van der Waals surface area contributed by atoms with E-state index in [1.165, 1.54) is 33.5 Å². The molecule has 0 aromatic heterocycles. The van der Waals surface area contributed by atoms with Gasteiger partial charge in [-0.3, -0.25) is 14.4 Å². The summed E-state index contributed by atoms with van der Waals surface area (Å²) in [4.78, 5) is 37.5. The highest BCUT2D eigenvalue weighted by molar-refractivity contribution is 7.89. The van der Waals surface area contributed by atoms with Crippen molar-refractivity contribution in [3.63, 3.8) is 0 Å². The van der Waals surface area contributed by atoms with Gasteiger partial charge in [-0.15, -0.1) is 0 Å². The van der Waals surface area contributed by atoms with Crippen molar-refractivity contribution >= 4 is 27.7 Å². The predicted octanol–water partition coefficient (Wildman–Crippen LogP) is 0.0673. The van der Waals surface area contributed by atoms with Gasteiger partial charge in [-0.1, -0.05) is 0 Å². The van der Waals surface area contributed by atoms with Gasteiger partial charge in [0.1, 0.15) is 6.04 Å². The smallest absolute Gasteiger partial charge is 0.251 e. The van der Waals surface area contributed by atoms with E-state index in [-0.39, 0.29) is 23.8 Å². The lowest BCUT2D eigenvalue weighted by Crippen LogP contribution is -2.44. The molecule has 29 heavy (non-hydrogen) atoms. The zero-order valence-corrected chi connectivity index (χ0v) is 17.0. The molecule has 0 spiro atoms. The number of likely N-dealkylation sites (tertiary alicyclic amines) is 1. The molecule has 3 N–H and O–H groups in total. The molecule has 2 aliphatic rings. The molecule has 1 aromatic rings. The Kier molecular flexibility index (Phi) is 6.53. The van der Waals surface area contributed by atoms with Crippen molar-refractivity contribution < 1.29 is 22.8 Å². The predicted molar refractivity (Wildman–Crippen MR) is 105 cm³/mol. The van der Waals surface area contributed by atoms with E-state index in [1.54, 1.807) is 0 Å². The molecule has 1 unspecified atom stereocenters. The minimum Gasteiger partial charge on any atom is -0.368 e. The monoisotopic (exact) mass is 422 g/mol. The SMILES string of the molecule is NC(=O)C1CCCN1C(=O)CCNC(=O)c1ccc(S(=O)(=O)N2CCCC2)cc1. The van der Waals surface area contributed by atoms with Gasteiger partial charge in [0.15, 0.2) is 0 Å². The summed E-state index contributed by atoms with van der Waals surface area (Å²) in [5, 5.41) is 2.65. The zero-order valence-electron chi connectivity index (χ0n) is 16.2. The highest BCUT2D eigenvalue weighted by atomic mass is 32.2. The Morgan fingerprint density at radius 1 is 1.03 bits per heavy atom. The lowest BCUT2D eigenvalue weighted by molar-refractivity contribution is -0.137. The first-order valence-corrected chi connectivity index (χ1v) is 11.2. The van der Waals surface area contributed by atoms with Crippen LogP contribution in [-0.2, 0) is 19.6 Å². The molecule has 3 rings (SSSR count). The minimum absolute atomic E-state index is 0.0664. The van der Waals surface area contributed by atoms with E-state index in [0.29, 0.717) is 31.6 Å². The lowest BCUT2D eigenvalue weighted by atomic mass is 10.2. The highest BCUT2D eigenvalue weighted by Crippen LogP contribution is 2.21. The molecule has 2 heterocycles. The fourth-order valence-electron chi connectivity index (χ4n) is 3.75. The summed E-state index contributed by atoms with van der Waals surface area (Å²) in [5.74, 6) is -1.13. The third-order valence-corrected chi connectivity index (χ3v) is 7.26. The largest absolute Gasteiger partial charge is 0.368 e. The fraction of sp³-hybridized carbons (Fsp3) is 0.526. The fourth-order valence-corrected chi connectivity index (χ4v) is 5.26. The van der Waals surface area contributed by atoms with Crippen LogP contribution in [0.3, 0.4) is 0 Å². The van der Waals surface area contributed by atoms with Crippen LogP contribution in [0.5, 0.6) is 0 Å². The van der Waals surface area contributed by atoms with Crippen molar-refractivity contribution in [2.75, 3.05) is 26.2 Å². The van der Waals surface area contributed by atoms with Gasteiger partial charge in [0.25, 0.3) is 5.91 Å². The van der Waals surface area contributed by atoms with E-state index in [0.717, 1.165) is 19.3 Å². The molecule has 2 aliphatic heterocycles. The number of carbonyl (C=O) groups excluding carboxylic acids is 3. The molecule has 2 fully saturated rings. The molecule has 0 aliphatic carbocycles. The average Bonchev–Trinajstić information content (AvgIpc) is 3.40. The second-order valence-corrected chi connectivity index (χ2v) is 9.23. The topological polar surface area (TPSA) is 130 Å². The second kappa shape index (κ2) is 8.91. The Labute approximate surface area is 170 Å². The molecular weight excluding hydrogens is 396 g/mol. The lowest BCUT2D eigenvalue weighted by Gasteiger charge is -2.22. The number of nitrogens with zero attached hydrogens (tertiary/aromatic N) is 2. The number of sulfonamides is 1. The number of amides is 3. The summed E-state index contributed by atoms with van der Waals surface area (Å²) < 4.78 is 26.5. The van der Waals surface area contributed by atoms with E-state index < -0.39 is 27.9 Å². The molecule has 2 saturated heterocycles. The van der Waals surface area contributed by atoms with Crippen LogP contribution in [0.2, 0.25) is 0 Å². The number of hydrogen-bond acceptors (Lipinski definition) is 5. The Hall–Kier alpha value is -2.46. The number of nitrogens with one attached hydrogen (secondary N) is 1. The Morgan fingerprint density at radius 3 is 2.31 bits per heavy atom. The molecule has 0 bridgehead atoms. The molecule has 9 nitrogen and oxygen atoms in total. The maximum atomic E-state index is 12.5. The normalized spacial score (nSPS) is 20.0. The molecule has 10 heteroatoms. The highest BCUT2D eigenvalue weighted by Gasteiger charge is 2.32. The number of hydrogen-bond donors (Lipinski definition) is 2. The van der Waals surface area contributed by atoms with Crippen molar-refractivity contribution in [3.05, 3.63) is 29.8 Å². The average molecular weight is 423 g/mol. The number of benzene rings is 1. The van der Waals surface area contributed by atoms with E-state index >= 15 is 0 Å². The third kappa shape index (κ3) is 4.76. The molecule has 3 amide bonds. The van der Waals surface area contributed by atoms with Crippen molar-refractivity contribution in [2.45, 2.75) is 43.0 Å². The minimum atomic E-state index is -3.52. The first-order chi connectivity index (χ1) is 13.8. The van der Waals surface area contributed by atoms with Crippen LogP contribution in [0.1, 0.15) is 42.5 Å². The van der Waals surface area contributed by atoms with Crippen LogP contribution in [0.4, 0.5) is 0 Å². The molecule has 0 saturated carbocycles. The van der Waals surface area contributed by atoms with E-state index in [2.05, 4.69) is 5.32 Å². The number of nitrogens with two attached hydrogens (primary N) is 1. The van der Waals surface area contributed by atoms with Crippen molar-refractivity contribution in [1.29, 1.82) is 0 Å².